The quantitative estimate of drug-likeness (QED) is 0.671. The van der Waals surface area contributed by atoms with Gasteiger partial charge < -0.3 is 10.1 Å². The van der Waals surface area contributed by atoms with Crippen molar-refractivity contribution in [1.29, 1.82) is 0 Å². The number of halogens is 5. The van der Waals surface area contributed by atoms with E-state index < -0.39 is 30.7 Å². The van der Waals surface area contributed by atoms with Gasteiger partial charge in [-0.25, -0.2) is 8.78 Å². The number of hydrogen-bond acceptors (Lipinski definition) is 2. The van der Waals surface area contributed by atoms with Gasteiger partial charge in [-0.15, -0.1) is 0 Å². The first-order valence-electron chi connectivity index (χ1n) is 6.24. The Morgan fingerprint density at radius 3 is 2.41 bits per heavy atom. The van der Waals surface area contributed by atoms with Crippen molar-refractivity contribution in [2.45, 2.75) is 11.8 Å². The lowest BCUT2D eigenvalue weighted by molar-refractivity contribution is -0.137. The molecule has 0 spiro atoms. The van der Waals surface area contributed by atoms with Crippen molar-refractivity contribution in [3.05, 3.63) is 35.4 Å². The van der Waals surface area contributed by atoms with Gasteiger partial charge in [0, 0.05) is 18.2 Å². The summed E-state index contributed by atoms with van der Waals surface area (Å²) in [5.74, 6) is -0.0431. The zero-order chi connectivity index (χ0) is 16.5. The maximum atomic E-state index is 13.2. The third-order valence-electron chi connectivity index (χ3n) is 3.24. The van der Waals surface area contributed by atoms with Crippen LogP contribution >= 0.6 is 12.2 Å². The van der Waals surface area contributed by atoms with Crippen molar-refractivity contribution >= 4 is 22.8 Å². The van der Waals surface area contributed by atoms with Crippen molar-refractivity contribution < 1.29 is 26.7 Å². The van der Waals surface area contributed by atoms with Gasteiger partial charge in [-0.2, -0.15) is 13.2 Å². The van der Waals surface area contributed by atoms with Crippen LogP contribution in [0, 0.1) is 0 Å². The highest BCUT2D eigenvalue weighted by atomic mass is 32.1. The summed E-state index contributed by atoms with van der Waals surface area (Å²) < 4.78 is 70.1. The summed E-state index contributed by atoms with van der Waals surface area (Å²) in [6, 6.07) is 2.69. The maximum Gasteiger partial charge on any atom is 0.416 e. The number of hydrogen-bond donors (Lipinski definition) is 1. The molecule has 1 N–H and O–H groups in total. The van der Waals surface area contributed by atoms with Crippen LogP contribution in [0.4, 0.5) is 22.0 Å². The number of alkyl halides is 5. The van der Waals surface area contributed by atoms with Crippen LogP contribution in [0.3, 0.4) is 0 Å². The first-order chi connectivity index (χ1) is 10.3. The minimum Gasteiger partial charge on any atom is -0.477 e. The second-order valence-corrected chi connectivity index (χ2v) is 5.19. The Bertz CT molecular complexity index is 622. The SMILES string of the molecule is CNC(=S)C1=CC(CF)(CF)Oc2ccc(C(F)(F)F)cc21. The molecule has 2 nitrogen and oxygen atoms in total. The van der Waals surface area contributed by atoms with Crippen LogP contribution < -0.4 is 10.1 Å². The molecule has 0 atom stereocenters. The molecule has 22 heavy (non-hydrogen) atoms. The molecule has 0 unspecified atom stereocenters. The second kappa shape index (κ2) is 5.83. The van der Waals surface area contributed by atoms with E-state index in [1.165, 1.54) is 7.05 Å². The lowest BCUT2D eigenvalue weighted by atomic mass is 9.92. The minimum absolute atomic E-state index is 0.0431. The van der Waals surface area contributed by atoms with Gasteiger partial charge in [0.2, 0.25) is 0 Å². The molecule has 2 rings (SSSR count). The predicted octanol–water partition coefficient (Wildman–Crippen LogP) is 3.71. The van der Waals surface area contributed by atoms with Gasteiger partial charge in [0.15, 0.2) is 5.60 Å². The van der Waals surface area contributed by atoms with Crippen LogP contribution in [0.2, 0.25) is 0 Å². The number of rotatable bonds is 3. The molecule has 120 valence electrons. The summed E-state index contributed by atoms with van der Waals surface area (Å²) in [6.07, 6.45) is -3.45. The molecule has 0 bridgehead atoms. The number of fused-ring (bicyclic) bond motifs is 1. The zero-order valence-corrected chi connectivity index (χ0v) is 12.2. The van der Waals surface area contributed by atoms with Crippen LogP contribution in [0.25, 0.3) is 5.57 Å². The van der Waals surface area contributed by atoms with E-state index in [1.807, 2.05) is 0 Å². The molecule has 1 aliphatic heterocycles. The van der Waals surface area contributed by atoms with Crippen LogP contribution in [-0.4, -0.2) is 31.0 Å². The van der Waals surface area contributed by atoms with E-state index in [-0.39, 0.29) is 21.9 Å². The highest BCUT2D eigenvalue weighted by Crippen LogP contribution is 2.40. The first-order valence-corrected chi connectivity index (χ1v) is 6.64. The monoisotopic (exact) mass is 337 g/mol. The Balaban J connectivity index is 2.62. The van der Waals surface area contributed by atoms with E-state index in [2.05, 4.69) is 5.32 Å². The van der Waals surface area contributed by atoms with Gasteiger partial charge in [-0.3, -0.25) is 0 Å². The molecule has 0 aromatic heterocycles. The van der Waals surface area contributed by atoms with Gasteiger partial charge >= 0.3 is 6.18 Å². The summed E-state index contributed by atoms with van der Waals surface area (Å²) in [6.45, 7) is -2.33. The number of nitrogens with one attached hydrogen (secondary N) is 1. The van der Waals surface area contributed by atoms with Crippen molar-refractivity contribution in [2.24, 2.45) is 0 Å². The Kier molecular flexibility index (Phi) is 4.42. The predicted molar refractivity (Wildman–Crippen MR) is 76.4 cm³/mol. The standard InChI is InChI=1S/C14H12F5NOS/c1-20-12(22)10-5-13(6-15,7-16)21-11-3-2-8(4-9(10)11)14(17,18)19/h2-5H,6-7H2,1H3,(H,20,22). The van der Waals surface area contributed by atoms with E-state index in [4.69, 9.17) is 17.0 Å². The third kappa shape index (κ3) is 2.92. The van der Waals surface area contributed by atoms with Crippen molar-refractivity contribution in [3.63, 3.8) is 0 Å². The lowest BCUT2D eigenvalue weighted by Crippen LogP contribution is -2.42. The molecule has 1 aliphatic rings. The molecular weight excluding hydrogens is 325 g/mol. The number of ether oxygens (including phenoxy) is 1. The Morgan fingerprint density at radius 1 is 1.27 bits per heavy atom. The van der Waals surface area contributed by atoms with Gasteiger partial charge in [0.1, 0.15) is 24.1 Å². The van der Waals surface area contributed by atoms with E-state index >= 15 is 0 Å². The third-order valence-corrected chi connectivity index (χ3v) is 3.67. The van der Waals surface area contributed by atoms with Crippen LogP contribution in [0.5, 0.6) is 5.75 Å². The molecule has 0 saturated carbocycles. The smallest absolute Gasteiger partial charge is 0.416 e. The van der Waals surface area contributed by atoms with E-state index in [1.54, 1.807) is 0 Å². The molecule has 0 saturated heterocycles. The van der Waals surface area contributed by atoms with Crippen LogP contribution in [0.1, 0.15) is 11.1 Å². The van der Waals surface area contributed by atoms with Gasteiger partial charge in [-0.1, -0.05) is 12.2 Å². The normalized spacial score (nSPS) is 16.4. The fourth-order valence-corrected chi connectivity index (χ4v) is 2.25. The molecule has 8 heteroatoms. The van der Waals surface area contributed by atoms with Crippen LogP contribution in [-0.2, 0) is 6.18 Å². The molecule has 1 heterocycles. The van der Waals surface area contributed by atoms with Crippen LogP contribution in [0.15, 0.2) is 24.3 Å². The molecular formula is C14H12F5NOS. The highest BCUT2D eigenvalue weighted by Gasteiger charge is 2.39. The van der Waals surface area contributed by atoms with Gasteiger partial charge in [-0.05, 0) is 24.3 Å². The van der Waals surface area contributed by atoms with Crippen molar-refractivity contribution in [3.8, 4) is 5.75 Å². The Hall–Kier alpha value is -1.70. The summed E-state index contributed by atoms with van der Waals surface area (Å²) in [5, 5.41) is 2.60. The maximum absolute atomic E-state index is 13.2. The zero-order valence-electron chi connectivity index (χ0n) is 11.4. The largest absolute Gasteiger partial charge is 0.477 e. The van der Waals surface area contributed by atoms with E-state index in [9.17, 15) is 22.0 Å². The average molecular weight is 337 g/mol. The van der Waals surface area contributed by atoms with Gasteiger partial charge in [0.25, 0.3) is 0 Å². The average Bonchev–Trinajstić information content (AvgIpc) is 2.51. The molecule has 1 aromatic carbocycles. The number of benzene rings is 1. The fraction of sp³-hybridized carbons (Fsp3) is 0.357. The van der Waals surface area contributed by atoms with E-state index in [0.29, 0.717) is 0 Å². The molecule has 0 fully saturated rings. The number of likely N-dealkylation sites (N-methyl/N-ethyl adjacent to an activating group) is 1. The molecule has 0 aliphatic carbocycles. The van der Waals surface area contributed by atoms with Gasteiger partial charge in [0.05, 0.1) is 5.56 Å². The van der Waals surface area contributed by atoms with Crippen molar-refractivity contribution in [2.75, 3.05) is 20.4 Å². The summed E-state index contributed by atoms with van der Waals surface area (Å²) in [7, 11) is 1.47. The Labute approximate surface area is 129 Å². The second-order valence-electron chi connectivity index (χ2n) is 4.78. The summed E-state index contributed by atoms with van der Waals surface area (Å²) >= 11 is 5.03. The molecule has 1 aromatic rings. The fourth-order valence-electron chi connectivity index (χ4n) is 2.08. The minimum atomic E-state index is -4.55. The highest BCUT2D eigenvalue weighted by molar-refractivity contribution is 7.81. The first kappa shape index (κ1) is 16.7. The van der Waals surface area contributed by atoms with Crippen molar-refractivity contribution in [1.82, 2.24) is 5.32 Å². The van der Waals surface area contributed by atoms with E-state index in [0.717, 1.165) is 24.3 Å². The Morgan fingerprint density at radius 2 is 1.91 bits per heavy atom. The molecule has 0 radical (unpaired) electrons. The topological polar surface area (TPSA) is 21.3 Å². The lowest BCUT2D eigenvalue weighted by Gasteiger charge is -2.33. The summed E-state index contributed by atoms with van der Waals surface area (Å²) in [5.41, 5.74) is -2.61. The molecule has 0 amide bonds. The summed E-state index contributed by atoms with van der Waals surface area (Å²) in [4.78, 5) is 0.0788. The number of thiocarbonyl (C=S) groups is 1.